The number of nitrogens with one attached hydrogen (secondary N) is 3. The van der Waals surface area contributed by atoms with E-state index in [4.69, 9.17) is 0 Å². The molecule has 38 heavy (non-hydrogen) atoms. The van der Waals surface area contributed by atoms with Gasteiger partial charge >= 0.3 is 0 Å². The Kier molecular flexibility index (Phi) is 6.35. The van der Waals surface area contributed by atoms with Crippen molar-refractivity contribution in [3.05, 3.63) is 90.1 Å². The average Bonchev–Trinajstić information content (AvgIpc) is 3.55. The van der Waals surface area contributed by atoms with Gasteiger partial charge in [-0.25, -0.2) is 9.37 Å². The van der Waals surface area contributed by atoms with E-state index in [0.717, 1.165) is 61.9 Å². The van der Waals surface area contributed by atoms with E-state index in [1.807, 2.05) is 49.1 Å². The molecule has 0 aliphatic rings. The second-order valence-corrected chi connectivity index (χ2v) is 10.9. The normalized spacial score (nSPS) is 12.4. The number of aromatic nitrogens is 5. The predicted octanol–water partition coefficient (Wildman–Crippen LogP) is 6.87. The molecule has 190 valence electrons. The van der Waals surface area contributed by atoms with Crippen LogP contribution in [0.15, 0.2) is 73.2 Å². The highest BCUT2D eigenvalue weighted by Gasteiger charge is 2.15. The third-order valence-electron chi connectivity index (χ3n) is 6.67. The first-order chi connectivity index (χ1) is 18.5. The number of pyridine rings is 2. The summed E-state index contributed by atoms with van der Waals surface area (Å²) >= 11 is 0. The molecule has 6 nitrogen and oxygen atoms in total. The van der Waals surface area contributed by atoms with Crippen LogP contribution >= 0.6 is 10.7 Å². The van der Waals surface area contributed by atoms with Crippen molar-refractivity contribution in [2.75, 3.05) is 6.26 Å². The van der Waals surface area contributed by atoms with E-state index in [1.165, 1.54) is 5.56 Å². The summed E-state index contributed by atoms with van der Waals surface area (Å²) in [7, 11) is -0.183. The minimum atomic E-state index is -0.257. The van der Waals surface area contributed by atoms with Gasteiger partial charge in [-0.2, -0.15) is 5.10 Å². The van der Waals surface area contributed by atoms with E-state index in [0.29, 0.717) is 12.2 Å². The largest absolute Gasteiger partial charge is 0.353 e. The van der Waals surface area contributed by atoms with Gasteiger partial charge in [0, 0.05) is 52.6 Å². The average molecular weight is 523 g/mol. The molecule has 0 saturated carbocycles. The lowest BCUT2D eigenvalue weighted by molar-refractivity contribution is 0.625. The summed E-state index contributed by atoms with van der Waals surface area (Å²) in [4.78, 5) is 12.5. The van der Waals surface area contributed by atoms with Gasteiger partial charge in [-0.15, -0.1) is 10.7 Å². The number of hydrogen-bond donors (Lipinski definition) is 3. The number of halogens is 1. The fourth-order valence-corrected chi connectivity index (χ4v) is 5.17. The molecule has 8 heteroatoms. The first kappa shape index (κ1) is 24.2. The van der Waals surface area contributed by atoms with Crippen LogP contribution in [0.1, 0.15) is 18.1 Å². The Bertz CT molecular complexity index is 1820. The van der Waals surface area contributed by atoms with Crippen molar-refractivity contribution in [1.82, 2.24) is 29.9 Å². The Labute approximate surface area is 222 Å². The summed E-state index contributed by atoms with van der Waals surface area (Å²) in [5.41, 5.74) is 9.20. The topological polar surface area (TPSA) is 82.3 Å². The number of H-pyrrole nitrogens is 2. The van der Waals surface area contributed by atoms with E-state index >= 15 is 0 Å². The number of benzene rings is 2. The number of aryl methyl sites for hydroxylation is 1. The minimum absolute atomic E-state index is 0.183. The van der Waals surface area contributed by atoms with Gasteiger partial charge in [0.05, 0.1) is 11.4 Å². The fraction of sp³-hybridized carbons (Fsp3) is 0.133. The Balaban J connectivity index is 1.43. The molecule has 0 amide bonds. The lowest BCUT2D eigenvalue weighted by Gasteiger charge is -2.09. The first-order valence-corrected chi connectivity index (χ1v) is 14.2. The van der Waals surface area contributed by atoms with Crippen LogP contribution in [0.4, 0.5) is 4.39 Å². The maximum Gasteiger partial charge on any atom is 0.181 e. The second kappa shape index (κ2) is 9.96. The van der Waals surface area contributed by atoms with E-state index in [9.17, 15) is 4.39 Å². The smallest absolute Gasteiger partial charge is 0.181 e. The monoisotopic (exact) mass is 522 g/mol. The second-order valence-electron chi connectivity index (χ2n) is 9.39. The standard InChI is InChI=1S/C30H27FN6S/c1-4-18-8-21(16-32-14-18)22-12-26-29(36-37-30(26)33-17-22)28-13-25-24(6-5-7-27(25)35-28)20-9-19(10-23(31)11-20)15-34-38(2)3/h5-14,16-17,34-35H,2,4,15H2,1,3H3,(H,33,36,37). The predicted molar refractivity (Wildman–Crippen MR) is 157 cm³/mol. The van der Waals surface area contributed by atoms with Crippen LogP contribution in [0.2, 0.25) is 0 Å². The van der Waals surface area contributed by atoms with Gasteiger partial charge in [0.2, 0.25) is 0 Å². The van der Waals surface area contributed by atoms with Gasteiger partial charge in [-0.1, -0.05) is 24.9 Å². The van der Waals surface area contributed by atoms with Gasteiger partial charge in [0.25, 0.3) is 0 Å². The quantitative estimate of drug-likeness (QED) is 0.200. The molecule has 0 fully saturated rings. The maximum absolute atomic E-state index is 14.6. The van der Waals surface area contributed by atoms with Crippen LogP contribution in [0.3, 0.4) is 0 Å². The SMILES string of the molecule is C=S(C)NCc1cc(F)cc(-c2cccc3[nH]c(-c4[nH]nc5ncc(-c6cncc(CC)c6)cc45)cc23)c1. The molecule has 4 heterocycles. The van der Waals surface area contributed by atoms with Crippen LogP contribution in [0, 0.1) is 5.82 Å². The zero-order valence-electron chi connectivity index (χ0n) is 21.2. The Morgan fingerprint density at radius 2 is 1.79 bits per heavy atom. The molecule has 2 aromatic carbocycles. The van der Waals surface area contributed by atoms with Crippen LogP contribution in [-0.2, 0) is 13.0 Å². The van der Waals surface area contributed by atoms with Gasteiger partial charge < -0.3 is 4.98 Å². The van der Waals surface area contributed by atoms with Crippen molar-refractivity contribution in [2.45, 2.75) is 19.9 Å². The highest BCUT2D eigenvalue weighted by atomic mass is 32.2. The maximum atomic E-state index is 14.6. The van der Waals surface area contributed by atoms with Crippen LogP contribution in [0.25, 0.3) is 55.6 Å². The molecule has 1 unspecified atom stereocenters. The van der Waals surface area contributed by atoms with E-state index < -0.39 is 0 Å². The van der Waals surface area contributed by atoms with Crippen LogP contribution in [-0.4, -0.2) is 37.3 Å². The molecular formula is C30H27FN6S. The van der Waals surface area contributed by atoms with Crippen molar-refractivity contribution in [3.8, 4) is 33.6 Å². The molecule has 1 atom stereocenters. The highest BCUT2D eigenvalue weighted by molar-refractivity contribution is 8.11. The van der Waals surface area contributed by atoms with Crippen LogP contribution in [0.5, 0.6) is 0 Å². The van der Waals surface area contributed by atoms with Gasteiger partial charge in [-0.05, 0) is 77.4 Å². The molecule has 0 bridgehead atoms. The molecule has 3 N–H and O–H groups in total. The lowest BCUT2D eigenvalue weighted by Crippen LogP contribution is -2.05. The molecule has 6 rings (SSSR count). The van der Waals surface area contributed by atoms with Gasteiger partial charge in [0.15, 0.2) is 5.65 Å². The fourth-order valence-electron chi connectivity index (χ4n) is 4.76. The summed E-state index contributed by atoms with van der Waals surface area (Å²) in [5.74, 6) is 3.72. The number of aromatic amines is 2. The Hall–Kier alpha value is -4.14. The number of rotatable bonds is 7. The first-order valence-electron chi connectivity index (χ1n) is 12.4. The molecule has 0 saturated heterocycles. The summed E-state index contributed by atoms with van der Waals surface area (Å²) in [6, 6.07) is 17.6. The molecule has 6 aromatic rings. The molecule has 4 aromatic heterocycles. The summed E-state index contributed by atoms with van der Waals surface area (Å²) < 4.78 is 17.9. The summed E-state index contributed by atoms with van der Waals surface area (Å²) in [6.45, 7) is 2.68. The van der Waals surface area contributed by atoms with E-state index in [2.05, 4.69) is 60.9 Å². The van der Waals surface area contributed by atoms with E-state index in [-0.39, 0.29) is 16.5 Å². The Morgan fingerprint density at radius 3 is 2.63 bits per heavy atom. The molecule has 0 radical (unpaired) electrons. The van der Waals surface area contributed by atoms with Crippen LogP contribution < -0.4 is 4.72 Å². The number of hydrogen-bond acceptors (Lipinski definition) is 4. The molecule has 0 aliphatic carbocycles. The van der Waals surface area contributed by atoms with Gasteiger partial charge in [-0.3, -0.25) is 14.8 Å². The number of fused-ring (bicyclic) bond motifs is 2. The highest BCUT2D eigenvalue weighted by Crippen LogP contribution is 2.35. The van der Waals surface area contributed by atoms with E-state index in [1.54, 1.807) is 12.1 Å². The number of nitrogens with zero attached hydrogens (tertiary/aromatic N) is 3. The summed E-state index contributed by atoms with van der Waals surface area (Å²) in [6.07, 6.45) is 8.50. The third kappa shape index (κ3) is 4.64. The van der Waals surface area contributed by atoms with Crippen molar-refractivity contribution >= 4 is 38.5 Å². The van der Waals surface area contributed by atoms with Crippen molar-refractivity contribution < 1.29 is 4.39 Å². The molecule has 0 spiro atoms. The lowest BCUT2D eigenvalue weighted by atomic mass is 9.99. The van der Waals surface area contributed by atoms with Crippen molar-refractivity contribution in [2.24, 2.45) is 0 Å². The third-order valence-corrected chi connectivity index (χ3v) is 7.31. The van der Waals surface area contributed by atoms with Gasteiger partial charge in [0.1, 0.15) is 5.82 Å². The summed E-state index contributed by atoms with van der Waals surface area (Å²) in [5, 5.41) is 9.53. The zero-order chi connectivity index (χ0) is 26.2. The molecular weight excluding hydrogens is 495 g/mol. The van der Waals surface area contributed by atoms with Crippen molar-refractivity contribution in [1.29, 1.82) is 0 Å². The van der Waals surface area contributed by atoms with Crippen molar-refractivity contribution in [3.63, 3.8) is 0 Å². The minimum Gasteiger partial charge on any atom is -0.353 e. The zero-order valence-corrected chi connectivity index (χ0v) is 22.0. The molecule has 0 aliphatic heterocycles. The Morgan fingerprint density at radius 1 is 0.947 bits per heavy atom.